The Kier molecular flexibility index (Phi) is 3.57. The smallest absolute Gasteiger partial charge is 0.165 e. The van der Waals surface area contributed by atoms with Gasteiger partial charge in [-0.2, -0.15) is 5.26 Å². The summed E-state index contributed by atoms with van der Waals surface area (Å²) in [5, 5.41) is 17.2. The lowest BCUT2D eigenvalue weighted by Crippen LogP contribution is -2.10. The molecule has 0 aliphatic heterocycles. The Hall–Kier alpha value is -1.76. The van der Waals surface area contributed by atoms with Gasteiger partial charge in [0, 0.05) is 6.08 Å². The van der Waals surface area contributed by atoms with E-state index in [1.165, 1.54) is 13.8 Å². The van der Waals surface area contributed by atoms with Gasteiger partial charge < -0.3 is 10.8 Å². The lowest BCUT2D eigenvalue weighted by Gasteiger charge is -2.02. The predicted molar refractivity (Wildman–Crippen MR) is 43.9 cm³/mol. The van der Waals surface area contributed by atoms with Gasteiger partial charge in [-0.1, -0.05) is 0 Å². The zero-order valence-electron chi connectivity index (χ0n) is 6.96. The first kappa shape index (κ1) is 10.2. The van der Waals surface area contributed by atoms with E-state index in [0.717, 1.165) is 6.08 Å². The Morgan fingerprint density at radius 3 is 2.33 bits per heavy atom. The van der Waals surface area contributed by atoms with Crippen LogP contribution in [0.1, 0.15) is 13.8 Å². The van der Waals surface area contributed by atoms with Crippen LogP contribution in [0.5, 0.6) is 0 Å². The molecule has 4 heteroatoms. The SMILES string of the molecule is CC(=O)C(/C(N)=C/C#N)=C(\C)O. The van der Waals surface area contributed by atoms with Crippen LogP contribution in [0.25, 0.3) is 0 Å². The largest absolute Gasteiger partial charge is 0.512 e. The van der Waals surface area contributed by atoms with Crippen LogP contribution >= 0.6 is 0 Å². The van der Waals surface area contributed by atoms with Crippen molar-refractivity contribution in [2.45, 2.75) is 13.8 Å². The molecule has 12 heavy (non-hydrogen) atoms. The molecule has 0 heterocycles. The van der Waals surface area contributed by atoms with Crippen LogP contribution in [0, 0.1) is 11.3 Å². The van der Waals surface area contributed by atoms with Crippen molar-refractivity contribution in [1.82, 2.24) is 0 Å². The summed E-state index contributed by atoms with van der Waals surface area (Å²) >= 11 is 0. The zero-order chi connectivity index (χ0) is 9.72. The molecular formula is C8H10N2O2. The highest BCUT2D eigenvalue weighted by atomic mass is 16.3. The van der Waals surface area contributed by atoms with Crippen LogP contribution in [-0.4, -0.2) is 10.9 Å². The second-order valence-corrected chi connectivity index (χ2v) is 2.25. The molecule has 64 valence electrons. The van der Waals surface area contributed by atoms with Crippen LogP contribution < -0.4 is 5.73 Å². The molecule has 0 spiro atoms. The van der Waals surface area contributed by atoms with Crippen molar-refractivity contribution in [2.24, 2.45) is 5.73 Å². The van der Waals surface area contributed by atoms with Crippen molar-refractivity contribution in [3.63, 3.8) is 0 Å². The number of nitrogens with zero attached hydrogens (tertiary/aromatic N) is 1. The third-order valence-electron chi connectivity index (χ3n) is 1.22. The molecule has 0 bridgehead atoms. The van der Waals surface area contributed by atoms with Crippen LogP contribution in [0.4, 0.5) is 0 Å². The summed E-state index contributed by atoms with van der Waals surface area (Å²) in [5.74, 6) is -0.537. The van der Waals surface area contributed by atoms with Crippen molar-refractivity contribution in [3.8, 4) is 6.07 Å². The van der Waals surface area contributed by atoms with Gasteiger partial charge in [0.15, 0.2) is 5.78 Å². The molecule has 0 amide bonds. The van der Waals surface area contributed by atoms with Gasteiger partial charge in [0.1, 0.15) is 5.76 Å². The number of hydrogen-bond donors (Lipinski definition) is 2. The number of carbonyl (C=O) groups is 1. The average Bonchev–Trinajstić information content (AvgIpc) is 1.85. The number of Topliss-reactive ketones (excluding diaryl/α,β-unsaturated/α-hetero) is 1. The molecule has 0 aliphatic carbocycles. The molecule has 0 unspecified atom stereocenters. The lowest BCUT2D eigenvalue weighted by atomic mass is 10.1. The summed E-state index contributed by atoms with van der Waals surface area (Å²) in [6, 6.07) is 1.67. The standard InChI is InChI=1S/C8H10N2O2/c1-5(11)8(6(2)12)7(10)3-4-9/h3,11H,10H2,1-2H3/b7-3-,8-5-. The normalized spacial score (nSPS) is 13.2. The molecule has 0 aromatic heterocycles. The van der Waals surface area contributed by atoms with Gasteiger partial charge >= 0.3 is 0 Å². The Balaban J connectivity index is 5.09. The average molecular weight is 166 g/mol. The highest BCUT2D eigenvalue weighted by molar-refractivity contribution is 5.97. The van der Waals surface area contributed by atoms with Crippen molar-refractivity contribution in [3.05, 3.63) is 23.1 Å². The molecule has 0 saturated heterocycles. The number of hydrogen-bond acceptors (Lipinski definition) is 4. The molecule has 0 aliphatic rings. The Morgan fingerprint density at radius 2 is 2.08 bits per heavy atom. The lowest BCUT2D eigenvalue weighted by molar-refractivity contribution is -0.113. The monoisotopic (exact) mass is 166 g/mol. The van der Waals surface area contributed by atoms with Gasteiger partial charge in [-0.05, 0) is 13.8 Å². The molecule has 3 N–H and O–H groups in total. The zero-order valence-corrected chi connectivity index (χ0v) is 6.96. The molecule has 0 radical (unpaired) electrons. The van der Waals surface area contributed by atoms with Crippen molar-refractivity contribution >= 4 is 5.78 Å². The Morgan fingerprint density at radius 1 is 1.58 bits per heavy atom. The number of allylic oxidation sites excluding steroid dienone is 3. The number of ketones is 1. The third kappa shape index (κ3) is 2.46. The number of nitriles is 1. The summed E-state index contributed by atoms with van der Waals surface area (Å²) in [4.78, 5) is 10.9. The van der Waals surface area contributed by atoms with E-state index in [0.29, 0.717) is 0 Å². The van der Waals surface area contributed by atoms with E-state index in [-0.39, 0.29) is 22.8 Å². The molecule has 0 atom stereocenters. The van der Waals surface area contributed by atoms with E-state index >= 15 is 0 Å². The molecule has 0 fully saturated rings. The minimum Gasteiger partial charge on any atom is -0.512 e. The van der Waals surface area contributed by atoms with Gasteiger partial charge in [-0.25, -0.2) is 0 Å². The highest BCUT2D eigenvalue weighted by Gasteiger charge is 2.10. The fraction of sp³-hybridized carbons (Fsp3) is 0.250. The molecule has 0 rings (SSSR count). The summed E-state index contributed by atoms with van der Waals surface area (Å²) in [6.45, 7) is 2.61. The molecule has 4 nitrogen and oxygen atoms in total. The number of rotatable bonds is 2. The second kappa shape index (κ2) is 4.19. The second-order valence-electron chi connectivity index (χ2n) is 2.25. The van der Waals surface area contributed by atoms with E-state index in [1.807, 2.05) is 0 Å². The maximum atomic E-state index is 10.9. The minimum atomic E-state index is -0.362. The highest BCUT2D eigenvalue weighted by Crippen LogP contribution is 2.09. The fourth-order valence-corrected chi connectivity index (χ4v) is 0.809. The van der Waals surface area contributed by atoms with Crippen LogP contribution in [0.3, 0.4) is 0 Å². The van der Waals surface area contributed by atoms with Crippen LogP contribution in [0.2, 0.25) is 0 Å². The Labute approximate surface area is 70.6 Å². The summed E-state index contributed by atoms with van der Waals surface area (Å²) < 4.78 is 0. The molecule has 0 aromatic rings. The Bertz CT molecular complexity index is 291. The van der Waals surface area contributed by atoms with Crippen molar-refractivity contribution in [2.75, 3.05) is 0 Å². The first-order valence-corrected chi connectivity index (χ1v) is 3.27. The molecular weight excluding hydrogens is 156 g/mol. The van der Waals surface area contributed by atoms with E-state index < -0.39 is 0 Å². The maximum Gasteiger partial charge on any atom is 0.165 e. The third-order valence-corrected chi connectivity index (χ3v) is 1.22. The van der Waals surface area contributed by atoms with Gasteiger partial charge in [0.25, 0.3) is 0 Å². The van der Waals surface area contributed by atoms with E-state index in [1.54, 1.807) is 6.07 Å². The van der Waals surface area contributed by atoms with Gasteiger partial charge in [0.05, 0.1) is 17.3 Å². The first-order chi connectivity index (χ1) is 5.50. The summed E-state index contributed by atoms with van der Waals surface area (Å²) in [7, 11) is 0. The topological polar surface area (TPSA) is 87.1 Å². The van der Waals surface area contributed by atoms with E-state index in [4.69, 9.17) is 16.1 Å². The molecule has 0 aromatic carbocycles. The minimum absolute atomic E-state index is 0.00319. The van der Waals surface area contributed by atoms with Crippen molar-refractivity contribution < 1.29 is 9.90 Å². The van der Waals surface area contributed by atoms with Crippen LogP contribution in [-0.2, 0) is 4.79 Å². The van der Waals surface area contributed by atoms with Crippen LogP contribution in [0.15, 0.2) is 23.1 Å². The number of carbonyl (C=O) groups excluding carboxylic acids is 1. The summed E-state index contributed by atoms with van der Waals surface area (Å²) in [5.41, 5.74) is 5.32. The first-order valence-electron chi connectivity index (χ1n) is 3.27. The van der Waals surface area contributed by atoms with E-state index in [2.05, 4.69) is 0 Å². The number of nitrogens with two attached hydrogens (primary N) is 1. The van der Waals surface area contributed by atoms with Gasteiger partial charge in [-0.3, -0.25) is 4.79 Å². The van der Waals surface area contributed by atoms with E-state index in [9.17, 15) is 4.79 Å². The number of aliphatic hydroxyl groups is 1. The maximum absolute atomic E-state index is 10.9. The summed E-state index contributed by atoms with van der Waals surface area (Å²) in [6.07, 6.45) is 1.01. The van der Waals surface area contributed by atoms with Gasteiger partial charge in [-0.15, -0.1) is 0 Å². The number of aliphatic hydroxyl groups excluding tert-OH is 1. The quantitative estimate of drug-likeness (QED) is 0.274. The molecule has 0 saturated carbocycles. The van der Waals surface area contributed by atoms with Crippen molar-refractivity contribution in [1.29, 1.82) is 5.26 Å². The van der Waals surface area contributed by atoms with Gasteiger partial charge in [0.2, 0.25) is 0 Å². The fourth-order valence-electron chi connectivity index (χ4n) is 0.809. The predicted octanol–water partition coefficient (Wildman–Crippen LogP) is 0.774.